The van der Waals surface area contributed by atoms with Gasteiger partial charge < -0.3 is 10.1 Å². The number of carbonyl (C=O) groups is 2. The number of hydrogen-bond donors (Lipinski definition) is 1. The van der Waals surface area contributed by atoms with E-state index in [1.165, 1.54) is 18.9 Å². The number of thiazole rings is 1. The Bertz CT molecular complexity index is 625. The molecule has 0 saturated carbocycles. The topological polar surface area (TPSA) is 68.3 Å². The number of para-hydroxylation sites is 1. The van der Waals surface area contributed by atoms with Gasteiger partial charge in [0.1, 0.15) is 0 Å². The van der Waals surface area contributed by atoms with Gasteiger partial charge in [-0.1, -0.05) is 30.3 Å². The molecule has 0 radical (unpaired) electrons. The third kappa shape index (κ3) is 6.19. The highest BCUT2D eigenvalue weighted by atomic mass is 32.2. The van der Waals surface area contributed by atoms with Crippen LogP contribution in [0.3, 0.4) is 0 Å². The molecule has 0 aliphatic rings. The summed E-state index contributed by atoms with van der Waals surface area (Å²) >= 11 is 3.07. The molecule has 23 heavy (non-hydrogen) atoms. The van der Waals surface area contributed by atoms with Gasteiger partial charge in [-0.3, -0.25) is 9.59 Å². The quantitative estimate of drug-likeness (QED) is 0.426. The first-order chi connectivity index (χ1) is 11.2. The molecular weight excluding hydrogens is 332 g/mol. The Kier molecular flexibility index (Phi) is 7.35. The molecule has 124 valence electrons. The van der Waals surface area contributed by atoms with Gasteiger partial charge in [-0.05, 0) is 25.0 Å². The normalized spacial score (nSPS) is 10.7. The van der Waals surface area contributed by atoms with Crippen molar-refractivity contribution in [1.29, 1.82) is 0 Å². The van der Waals surface area contributed by atoms with Gasteiger partial charge in [-0.25, -0.2) is 4.98 Å². The SMILES string of the molecule is COC(=O)CCCCCNC(=O)CSc1nc2ccccc2s1. The Morgan fingerprint density at radius 1 is 1.26 bits per heavy atom. The fourth-order valence-electron chi connectivity index (χ4n) is 1.99. The number of aromatic nitrogens is 1. The summed E-state index contributed by atoms with van der Waals surface area (Å²) in [5, 5.41) is 2.89. The minimum atomic E-state index is -0.179. The molecule has 0 aliphatic heterocycles. The molecule has 0 spiro atoms. The molecule has 2 aromatic rings. The third-order valence-electron chi connectivity index (χ3n) is 3.21. The van der Waals surface area contributed by atoms with Crippen LogP contribution in [-0.2, 0) is 14.3 Å². The lowest BCUT2D eigenvalue weighted by Gasteiger charge is -2.04. The van der Waals surface area contributed by atoms with Crippen LogP contribution in [0.15, 0.2) is 28.6 Å². The molecule has 0 aliphatic carbocycles. The smallest absolute Gasteiger partial charge is 0.305 e. The monoisotopic (exact) mass is 352 g/mol. The molecule has 0 fully saturated rings. The fraction of sp³-hybridized carbons (Fsp3) is 0.438. The van der Waals surface area contributed by atoms with Gasteiger partial charge in [-0.15, -0.1) is 11.3 Å². The zero-order valence-corrected chi connectivity index (χ0v) is 14.7. The third-order valence-corrected chi connectivity index (χ3v) is 5.39. The van der Waals surface area contributed by atoms with Crippen LogP contribution in [0.1, 0.15) is 25.7 Å². The second-order valence-electron chi connectivity index (χ2n) is 4.97. The van der Waals surface area contributed by atoms with Crippen LogP contribution in [0, 0.1) is 0 Å². The fourth-order valence-corrected chi connectivity index (χ4v) is 3.89. The first-order valence-corrected chi connectivity index (χ1v) is 9.31. The minimum absolute atomic E-state index is 0.0159. The first-order valence-electron chi connectivity index (χ1n) is 7.51. The van der Waals surface area contributed by atoms with Gasteiger partial charge >= 0.3 is 5.97 Å². The summed E-state index contributed by atoms with van der Waals surface area (Å²) in [6, 6.07) is 7.96. The maximum absolute atomic E-state index is 11.8. The molecule has 1 N–H and O–H groups in total. The van der Waals surface area contributed by atoms with Crippen molar-refractivity contribution in [3.05, 3.63) is 24.3 Å². The molecule has 7 heteroatoms. The Balaban J connectivity index is 1.59. The highest BCUT2D eigenvalue weighted by molar-refractivity contribution is 8.01. The average Bonchev–Trinajstić information content (AvgIpc) is 2.98. The number of amides is 1. The van der Waals surface area contributed by atoms with Crippen molar-refractivity contribution in [2.75, 3.05) is 19.4 Å². The number of rotatable bonds is 9. The van der Waals surface area contributed by atoms with E-state index >= 15 is 0 Å². The lowest BCUT2D eigenvalue weighted by atomic mass is 10.2. The zero-order chi connectivity index (χ0) is 16.5. The van der Waals surface area contributed by atoms with Crippen molar-refractivity contribution >= 4 is 45.2 Å². The van der Waals surface area contributed by atoms with Gasteiger partial charge in [0.2, 0.25) is 5.91 Å². The van der Waals surface area contributed by atoms with Crippen molar-refractivity contribution in [2.45, 2.75) is 30.0 Å². The molecule has 0 bridgehead atoms. The number of fused-ring (bicyclic) bond motifs is 1. The largest absolute Gasteiger partial charge is 0.469 e. The Morgan fingerprint density at radius 3 is 2.87 bits per heavy atom. The molecule has 5 nitrogen and oxygen atoms in total. The number of nitrogens with one attached hydrogen (secondary N) is 1. The number of hydrogen-bond acceptors (Lipinski definition) is 6. The number of benzene rings is 1. The second-order valence-corrected chi connectivity index (χ2v) is 7.23. The lowest BCUT2D eigenvalue weighted by molar-refractivity contribution is -0.140. The number of unbranched alkanes of at least 4 members (excludes halogenated alkanes) is 2. The maximum atomic E-state index is 11.8. The predicted octanol–water partition coefficient (Wildman–Crippen LogP) is 3.24. The van der Waals surface area contributed by atoms with E-state index in [-0.39, 0.29) is 11.9 Å². The summed E-state index contributed by atoms with van der Waals surface area (Å²) in [4.78, 5) is 27.2. The van der Waals surface area contributed by atoms with Crippen LogP contribution in [-0.4, -0.2) is 36.3 Å². The summed E-state index contributed by atoms with van der Waals surface area (Å²) in [6.45, 7) is 0.639. The van der Waals surface area contributed by atoms with Crippen molar-refractivity contribution in [2.24, 2.45) is 0 Å². The van der Waals surface area contributed by atoms with Crippen LogP contribution in [0.5, 0.6) is 0 Å². The van der Waals surface area contributed by atoms with E-state index < -0.39 is 0 Å². The maximum Gasteiger partial charge on any atom is 0.305 e. The van der Waals surface area contributed by atoms with Crippen molar-refractivity contribution in [1.82, 2.24) is 10.3 Å². The van der Waals surface area contributed by atoms with E-state index in [1.54, 1.807) is 11.3 Å². The number of ether oxygens (including phenoxy) is 1. The summed E-state index contributed by atoms with van der Waals surface area (Å²) < 4.78 is 6.63. The van der Waals surface area contributed by atoms with Crippen LogP contribution < -0.4 is 5.32 Å². The van der Waals surface area contributed by atoms with Gasteiger partial charge in [0.25, 0.3) is 0 Å². The van der Waals surface area contributed by atoms with Crippen LogP contribution in [0.4, 0.5) is 0 Å². The van der Waals surface area contributed by atoms with Crippen LogP contribution in [0.25, 0.3) is 10.2 Å². The first kappa shape index (κ1) is 17.7. The molecule has 0 saturated heterocycles. The number of thioether (sulfide) groups is 1. The Labute approximate surface area is 143 Å². The van der Waals surface area contributed by atoms with Crippen molar-refractivity contribution in [3.8, 4) is 0 Å². The molecule has 1 aromatic heterocycles. The number of esters is 1. The number of carbonyl (C=O) groups excluding carboxylic acids is 2. The zero-order valence-electron chi connectivity index (χ0n) is 13.0. The molecule has 1 heterocycles. The summed E-state index contributed by atoms with van der Waals surface area (Å²) in [5.74, 6) is 0.214. The van der Waals surface area contributed by atoms with Gasteiger partial charge in [0.05, 0.1) is 23.1 Å². The Morgan fingerprint density at radius 2 is 2.09 bits per heavy atom. The van der Waals surface area contributed by atoms with Crippen molar-refractivity contribution in [3.63, 3.8) is 0 Å². The van der Waals surface area contributed by atoms with Crippen LogP contribution >= 0.6 is 23.1 Å². The molecule has 1 amide bonds. The molecule has 1 aromatic carbocycles. The second kappa shape index (κ2) is 9.52. The average molecular weight is 352 g/mol. The van der Waals surface area contributed by atoms with E-state index in [0.29, 0.717) is 18.7 Å². The van der Waals surface area contributed by atoms with E-state index in [0.717, 1.165) is 33.8 Å². The Hall–Kier alpha value is -1.60. The van der Waals surface area contributed by atoms with Gasteiger partial charge in [0.15, 0.2) is 4.34 Å². The minimum Gasteiger partial charge on any atom is -0.469 e. The molecule has 0 unspecified atom stereocenters. The predicted molar refractivity (Wildman–Crippen MR) is 93.8 cm³/mol. The standard InChI is InChI=1S/C16H20N2O3S2/c1-21-15(20)9-3-2-6-10-17-14(19)11-22-16-18-12-7-4-5-8-13(12)23-16/h4-5,7-8H,2-3,6,9-11H2,1H3,(H,17,19). The molecule has 0 atom stereocenters. The molecular formula is C16H20N2O3S2. The summed E-state index contributed by atoms with van der Waals surface area (Å²) in [7, 11) is 1.39. The number of nitrogens with zero attached hydrogens (tertiary/aromatic N) is 1. The summed E-state index contributed by atoms with van der Waals surface area (Å²) in [6.07, 6.45) is 3.01. The highest BCUT2D eigenvalue weighted by Gasteiger charge is 2.07. The van der Waals surface area contributed by atoms with E-state index in [4.69, 9.17) is 0 Å². The summed E-state index contributed by atoms with van der Waals surface area (Å²) in [5.41, 5.74) is 0.978. The van der Waals surface area contributed by atoms with Gasteiger partial charge in [-0.2, -0.15) is 0 Å². The van der Waals surface area contributed by atoms with Gasteiger partial charge in [0, 0.05) is 13.0 Å². The van der Waals surface area contributed by atoms with Crippen molar-refractivity contribution < 1.29 is 14.3 Å². The lowest BCUT2D eigenvalue weighted by Crippen LogP contribution is -2.26. The highest BCUT2D eigenvalue weighted by Crippen LogP contribution is 2.28. The van der Waals surface area contributed by atoms with E-state index in [2.05, 4.69) is 15.0 Å². The van der Waals surface area contributed by atoms with E-state index in [9.17, 15) is 9.59 Å². The number of methoxy groups -OCH3 is 1. The van der Waals surface area contributed by atoms with Crippen LogP contribution in [0.2, 0.25) is 0 Å². The van der Waals surface area contributed by atoms with E-state index in [1.807, 2.05) is 24.3 Å². The molecule has 2 rings (SSSR count).